The number of hydrogen-bond acceptors (Lipinski definition) is 6. The van der Waals surface area contributed by atoms with Gasteiger partial charge in [0, 0.05) is 5.41 Å². The second-order valence-electron chi connectivity index (χ2n) is 6.51. The Morgan fingerprint density at radius 2 is 1.96 bits per heavy atom. The molecule has 1 aromatic rings. The van der Waals surface area contributed by atoms with Gasteiger partial charge in [0.1, 0.15) is 6.04 Å². The van der Waals surface area contributed by atoms with Crippen molar-refractivity contribution in [3.63, 3.8) is 0 Å². The van der Waals surface area contributed by atoms with Crippen LogP contribution in [0.2, 0.25) is 0 Å². The zero-order chi connectivity index (χ0) is 17.3. The van der Waals surface area contributed by atoms with Gasteiger partial charge in [0.2, 0.25) is 0 Å². The molecule has 1 unspecified atom stereocenters. The lowest BCUT2D eigenvalue weighted by molar-refractivity contribution is -0.157. The van der Waals surface area contributed by atoms with E-state index < -0.39 is 5.41 Å². The van der Waals surface area contributed by atoms with E-state index in [1.165, 1.54) is 25.3 Å². The van der Waals surface area contributed by atoms with E-state index in [1.54, 1.807) is 12.1 Å². The van der Waals surface area contributed by atoms with E-state index in [4.69, 9.17) is 4.74 Å². The summed E-state index contributed by atoms with van der Waals surface area (Å²) in [5.74, 6) is -0.695. The van der Waals surface area contributed by atoms with Gasteiger partial charge >= 0.3 is 5.97 Å². The minimum Gasteiger partial charge on any atom is -0.504 e. The molecule has 1 atom stereocenters. The van der Waals surface area contributed by atoms with Gasteiger partial charge in [-0.05, 0) is 56.1 Å². The highest BCUT2D eigenvalue weighted by Gasteiger charge is 2.50. The number of piperidine rings is 3. The molecule has 0 amide bonds. The highest BCUT2D eigenvalue weighted by atomic mass is 16.5. The molecule has 3 saturated heterocycles. The van der Waals surface area contributed by atoms with Crippen molar-refractivity contribution >= 4 is 17.8 Å². The molecule has 3 fully saturated rings. The Kier molecular flexibility index (Phi) is 4.32. The van der Waals surface area contributed by atoms with Gasteiger partial charge in [-0.1, -0.05) is 12.1 Å². The van der Waals surface area contributed by atoms with Crippen molar-refractivity contribution in [2.24, 2.45) is 5.41 Å². The predicted molar refractivity (Wildman–Crippen MR) is 87.5 cm³/mol. The van der Waals surface area contributed by atoms with Crippen LogP contribution in [0.4, 0.5) is 0 Å². The summed E-state index contributed by atoms with van der Waals surface area (Å²) in [4.78, 5) is 26.8. The fourth-order valence-corrected chi connectivity index (χ4v) is 3.68. The Morgan fingerprint density at radius 3 is 2.58 bits per heavy atom. The van der Waals surface area contributed by atoms with Gasteiger partial charge in [0.05, 0.1) is 7.11 Å². The summed E-state index contributed by atoms with van der Waals surface area (Å²) in [6.07, 6.45) is 5.12. The number of fused-ring (bicyclic) bond motifs is 3. The Balaban J connectivity index is 1.77. The molecule has 0 saturated carbocycles. The minimum atomic E-state index is -0.511. The number of phenolic OH excluding ortho intramolecular Hbond substituents is 2. The van der Waals surface area contributed by atoms with Crippen molar-refractivity contribution < 1.29 is 24.5 Å². The van der Waals surface area contributed by atoms with Crippen LogP contribution in [0.15, 0.2) is 24.3 Å². The molecule has 24 heavy (non-hydrogen) atoms. The zero-order valence-electron chi connectivity index (χ0n) is 13.6. The van der Waals surface area contributed by atoms with Crippen LogP contribution in [0, 0.1) is 5.41 Å². The van der Waals surface area contributed by atoms with Crippen molar-refractivity contribution in [2.75, 3.05) is 20.2 Å². The number of rotatable bonds is 4. The molecule has 0 radical (unpaired) electrons. The second kappa shape index (κ2) is 6.28. The third-order valence-electron chi connectivity index (χ3n) is 5.20. The summed E-state index contributed by atoms with van der Waals surface area (Å²) < 4.78 is 4.86. The van der Waals surface area contributed by atoms with Gasteiger partial charge < -0.3 is 14.9 Å². The Morgan fingerprint density at radius 1 is 1.25 bits per heavy atom. The minimum absolute atomic E-state index is 0.00307. The van der Waals surface area contributed by atoms with E-state index in [2.05, 4.69) is 4.90 Å². The Labute approximate surface area is 140 Å². The number of ether oxygens (including phenoxy) is 1. The standard InChI is InChI=1S/C18H21NO5/c1-24-17(23)13-11-18(6-8-19(13)9-7-18)16(22)5-3-12-2-4-14(20)15(21)10-12/h2-5,10,13,20-21H,6-9,11H2,1H3/b5-3+. The van der Waals surface area contributed by atoms with Gasteiger partial charge in [-0.25, -0.2) is 0 Å². The molecule has 4 rings (SSSR count). The Bertz CT molecular complexity index is 689. The number of carbonyl (C=O) groups excluding carboxylic acids is 2. The maximum atomic E-state index is 12.8. The number of nitrogens with zero attached hydrogens (tertiary/aromatic N) is 1. The molecule has 3 aliphatic rings. The van der Waals surface area contributed by atoms with Gasteiger partial charge in [0.25, 0.3) is 0 Å². The van der Waals surface area contributed by atoms with Crippen molar-refractivity contribution in [3.8, 4) is 11.5 Å². The first-order valence-corrected chi connectivity index (χ1v) is 8.01. The molecule has 2 bridgehead atoms. The molecule has 128 valence electrons. The summed E-state index contributed by atoms with van der Waals surface area (Å²) in [6, 6.07) is 4.06. The summed E-state index contributed by atoms with van der Waals surface area (Å²) >= 11 is 0. The van der Waals surface area contributed by atoms with Crippen LogP contribution < -0.4 is 0 Å². The van der Waals surface area contributed by atoms with Gasteiger partial charge in [-0.3, -0.25) is 14.5 Å². The normalized spacial score (nSPS) is 28.9. The van der Waals surface area contributed by atoms with Gasteiger partial charge in [-0.2, -0.15) is 0 Å². The van der Waals surface area contributed by atoms with Crippen LogP contribution >= 0.6 is 0 Å². The lowest BCUT2D eigenvalue weighted by atomic mass is 9.66. The molecule has 1 aromatic carbocycles. The highest BCUT2D eigenvalue weighted by Crippen LogP contribution is 2.44. The number of carbonyl (C=O) groups is 2. The first-order valence-electron chi connectivity index (χ1n) is 8.01. The number of phenols is 2. The molecule has 2 N–H and O–H groups in total. The third-order valence-corrected chi connectivity index (χ3v) is 5.20. The third kappa shape index (κ3) is 2.89. The van der Waals surface area contributed by atoms with Crippen molar-refractivity contribution in [2.45, 2.75) is 25.3 Å². The first-order chi connectivity index (χ1) is 11.4. The van der Waals surface area contributed by atoms with Crippen LogP contribution in [-0.2, 0) is 14.3 Å². The average Bonchev–Trinajstić information content (AvgIpc) is 2.62. The number of hydrogen-bond donors (Lipinski definition) is 2. The lowest BCUT2D eigenvalue weighted by Gasteiger charge is -2.50. The topological polar surface area (TPSA) is 87.1 Å². The zero-order valence-corrected chi connectivity index (χ0v) is 13.6. The molecule has 0 aromatic heterocycles. The van der Waals surface area contributed by atoms with E-state index in [9.17, 15) is 19.8 Å². The molecular formula is C18H21NO5. The largest absolute Gasteiger partial charge is 0.504 e. The summed E-state index contributed by atoms with van der Waals surface area (Å²) in [6.45, 7) is 1.44. The monoisotopic (exact) mass is 331 g/mol. The van der Waals surface area contributed by atoms with Crippen LogP contribution in [-0.4, -0.2) is 53.1 Å². The van der Waals surface area contributed by atoms with Gasteiger partial charge in [0.15, 0.2) is 17.3 Å². The highest BCUT2D eigenvalue weighted by molar-refractivity contribution is 5.99. The summed E-state index contributed by atoms with van der Waals surface area (Å²) in [7, 11) is 1.37. The molecule has 0 aliphatic carbocycles. The number of esters is 1. The maximum absolute atomic E-state index is 12.8. The van der Waals surface area contributed by atoms with E-state index in [-0.39, 0.29) is 29.3 Å². The van der Waals surface area contributed by atoms with E-state index >= 15 is 0 Å². The number of methoxy groups -OCH3 is 1. The molecule has 6 heteroatoms. The van der Waals surface area contributed by atoms with Crippen LogP contribution in [0.5, 0.6) is 11.5 Å². The van der Waals surface area contributed by atoms with E-state index in [0.29, 0.717) is 12.0 Å². The smallest absolute Gasteiger partial charge is 0.323 e. The number of ketones is 1. The second-order valence-corrected chi connectivity index (χ2v) is 6.51. The predicted octanol–water partition coefficient (Wildman–Crippen LogP) is 1.71. The van der Waals surface area contributed by atoms with Crippen LogP contribution in [0.25, 0.3) is 6.08 Å². The lowest BCUT2D eigenvalue weighted by Crippen LogP contribution is -2.59. The quantitative estimate of drug-likeness (QED) is 0.496. The average molecular weight is 331 g/mol. The maximum Gasteiger partial charge on any atom is 0.323 e. The first kappa shape index (κ1) is 16.5. The molecular weight excluding hydrogens is 310 g/mol. The molecule has 3 aliphatic heterocycles. The Hall–Kier alpha value is -2.34. The number of allylic oxidation sites excluding steroid dienone is 1. The van der Waals surface area contributed by atoms with Crippen molar-refractivity contribution in [3.05, 3.63) is 29.8 Å². The fourth-order valence-electron chi connectivity index (χ4n) is 3.68. The SMILES string of the molecule is COC(=O)C1CC2(C(=O)/C=C/c3ccc(O)c(O)c3)CCN1CC2. The molecule has 6 nitrogen and oxygen atoms in total. The summed E-state index contributed by atoms with van der Waals surface area (Å²) in [5.41, 5.74) is 0.121. The molecule has 3 heterocycles. The fraction of sp³-hybridized carbons (Fsp3) is 0.444. The van der Waals surface area contributed by atoms with E-state index in [1.807, 2.05) is 0 Å². The summed E-state index contributed by atoms with van der Waals surface area (Å²) in [5, 5.41) is 18.8. The number of benzene rings is 1. The van der Waals surface area contributed by atoms with Gasteiger partial charge in [-0.15, -0.1) is 0 Å². The molecule has 0 spiro atoms. The van der Waals surface area contributed by atoms with E-state index in [0.717, 1.165) is 25.9 Å². The van der Waals surface area contributed by atoms with Crippen molar-refractivity contribution in [1.29, 1.82) is 0 Å². The van der Waals surface area contributed by atoms with Crippen LogP contribution in [0.1, 0.15) is 24.8 Å². The number of aromatic hydroxyl groups is 2. The van der Waals surface area contributed by atoms with Crippen molar-refractivity contribution in [1.82, 2.24) is 4.90 Å². The van der Waals surface area contributed by atoms with Crippen LogP contribution in [0.3, 0.4) is 0 Å².